The highest BCUT2D eigenvalue weighted by atomic mass is 79.9. The predicted molar refractivity (Wildman–Crippen MR) is 80.0 cm³/mol. The molecule has 0 radical (unpaired) electrons. The van der Waals surface area contributed by atoms with Crippen LogP contribution in [0.2, 0.25) is 5.02 Å². The molecule has 18 heavy (non-hydrogen) atoms. The maximum Gasteiger partial charge on any atom is 0.128 e. The lowest BCUT2D eigenvalue weighted by atomic mass is 10.2. The van der Waals surface area contributed by atoms with Gasteiger partial charge in [0.1, 0.15) is 11.5 Å². The Balaban J connectivity index is 2.15. The molecule has 2 rings (SSSR count). The van der Waals surface area contributed by atoms with E-state index >= 15 is 0 Å². The van der Waals surface area contributed by atoms with Crippen LogP contribution in [0.4, 0.5) is 0 Å². The van der Waals surface area contributed by atoms with E-state index in [1.54, 1.807) is 0 Å². The fraction of sp³-hybridized carbons (Fsp3) is 0.200. The summed E-state index contributed by atoms with van der Waals surface area (Å²) in [6.07, 6.45) is 1.03. The van der Waals surface area contributed by atoms with Crippen LogP contribution in [-0.4, -0.2) is 0 Å². The average molecular weight is 326 g/mol. The van der Waals surface area contributed by atoms with E-state index in [-0.39, 0.29) is 0 Å². The summed E-state index contributed by atoms with van der Waals surface area (Å²) in [6, 6.07) is 13.8. The van der Waals surface area contributed by atoms with Gasteiger partial charge in [0.15, 0.2) is 0 Å². The molecule has 0 saturated carbocycles. The van der Waals surface area contributed by atoms with Gasteiger partial charge in [-0.3, -0.25) is 0 Å². The summed E-state index contributed by atoms with van der Waals surface area (Å²) in [5, 5.41) is 1.46. The van der Waals surface area contributed by atoms with Crippen molar-refractivity contribution in [3.8, 4) is 11.5 Å². The second-order valence-corrected chi connectivity index (χ2v) is 4.95. The molecular formula is C15H14BrClO. The van der Waals surface area contributed by atoms with Crippen LogP contribution in [0.3, 0.4) is 0 Å². The van der Waals surface area contributed by atoms with Gasteiger partial charge in [-0.2, -0.15) is 0 Å². The Morgan fingerprint density at radius 2 is 1.72 bits per heavy atom. The number of hydrogen-bond acceptors (Lipinski definition) is 1. The highest BCUT2D eigenvalue weighted by Crippen LogP contribution is 2.28. The summed E-state index contributed by atoms with van der Waals surface area (Å²) in [4.78, 5) is 0. The molecule has 0 spiro atoms. The lowest BCUT2D eigenvalue weighted by Crippen LogP contribution is -1.87. The van der Waals surface area contributed by atoms with Gasteiger partial charge in [0.25, 0.3) is 0 Å². The van der Waals surface area contributed by atoms with E-state index in [0.29, 0.717) is 0 Å². The minimum absolute atomic E-state index is 0.717. The molecule has 0 amide bonds. The van der Waals surface area contributed by atoms with Gasteiger partial charge in [0.05, 0.1) is 0 Å². The van der Waals surface area contributed by atoms with Crippen LogP contribution in [0, 0.1) is 0 Å². The third-order valence-electron chi connectivity index (χ3n) is 2.74. The Morgan fingerprint density at radius 3 is 2.28 bits per heavy atom. The summed E-state index contributed by atoms with van der Waals surface area (Å²) < 4.78 is 5.76. The molecule has 0 unspecified atom stereocenters. The van der Waals surface area contributed by atoms with Gasteiger partial charge in [-0.1, -0.05) is 52.7 Å². The maximum absolute atomic E-state index is 6.13. The van der Waals surface area contributed by atoms with E-state index in [4.69, 9.17) is 16.3 Å². The van der Waals surface area contributed by atoms with Crippen LogP contribution in [0.25, 0.3) is 0 Å². The molecule has 0 aliphatic rings. The third kappa shape index (κ3) is 3.27. The van der Waals surface area contributed by atoms with Gasteiger partial charge in [-0.15, -0.1) is 0 Å². The van der Waals surface area contributed by atoms with Gasteiger partial charge < -0.3 is 4.74 Å². The molecule has 3 heteroatoms. The molecule has 0 bridgehead atoms. The van der Waals surface area contributed by atoms with Crippen molar-refractivity contribution in [1.82, 2.24) is 0 Å². The summed E-state index contributed by atoms with van der Waals surface area (Å²) in [5.74, 6) is 1.59. The number of alkyl halides is 1. The average Bonchev–Trinajstić information content (AvgIpc) is 2.40. The summed E-state index contributed by atoms with van der Waals surface area (Å²) in [7, 11) is 0. The van der Waals surface area contributed by atoms with E-state index in [9.17, 15) is 0 Å². The first-order valence-corrected chi connectivity index (χ1v) is 7.34. The van der Waals surface area contributed by atoms with E-state index in [0.717, 1.165) is 33.8 Å². The summed E-state index contributed by atoms with van der Waals surface area (Å²) in [5.41, 5.74) is 2.36. The van der Waals surface area contributed by atoms with Crippen molar-refractivity contribution >= 4 is 27.5 Å². The van der Waals surface area contributed by atoms with Gasteiger partial charge >= 0.3 is 0 Å². The highest BCUT2D eigenvalue weighted by Gasteiger charge is 2.02. The van der Waals surface area contributed by atoms with Gasteiger partial charge in [-0.05, 0) is 41.8 Å². The first-order valence-electron chi connectivity index (χ1n) is 5.84. The zero-order valence-electron chi connectivity index (χ0n) is 10.1. The predicted octanol–water partition coefficient (Wildman–Crippen LogP) is 5.59. The van der Waals surface area contributed by atoms with Crippen LogP contribution in [-0.2, 0) is 11.8 Å². The van der Waals surface area contributed by atoms with Crippen LogP contribution in [0.15, 0.2) is 42.5 Å². The fourth-order valence-corrected chi connectivity index (χ4v) is 2.52. The van der Waals surface area contributed by atoms with E-state index in [2.05, 4.69) is 35.0 Å². The molecule has 0 aliphatic heterocycles. The van der Waals surface area contributed by atoms with Crippen molar-refractivity contribution in [2.75, 3.05) is 0 Å². The normalized spacial score (nSPS) is 10.4. The molecule has 0 aliphatic carbocycles. The number of aryl methyl sites for hydroxylation is 1. The quantitative estimate of drug-likeness (QED) is 0.666. The van der Waals surface area contributed by atoms with Crippen molar-refractivity contribution in [1.29, 1.82) is 0 Å². The first-order chi connectivity index (χ1) is 8.72. The SMILES string of the molecule is CCc1ccc(Oc2ccc(CBr)c(Cl)c2)cc1. The first kappa shape index (κ1) is 13.4. The zero-order chi connectivity index (χ0) is 13.0. The molecule has 0 atom stereocenters. The van der Waals surface area contributed by atoms with Crippen molar-refractivity contribution in [2.45, 2.75) is 18.7 Å². The minimum Gasteiger partial charge on any atom is -0.457 e. The summed E-state index contributed by atoms with van der Waals surface area (Å²) >= 11 is 9.52. The minimum atomic E-state index is 0.717. The number of halogens is 2. The van der Waals surface area contributed by atoms with Gasteiger partial charge in [0, 0.05) is 10.4 Å². The van der Waals surface area contributed by atoms with Crippen LogP contribution < -0.4 is 4.74 Å². The van der Waals surface area contributed by atoms with E-state index in [1.807, 2.05) is 30.3 Å². The van der Waals surface area contributed by atoms with Crippen LogP contribution in [0.1, 0.15) is 18.1 Å². The van der Waals surface area contributed by atoms with Crippen molar-refractivity contribution in [3.05, 3.63) is 58.6 Å². The number of benzene rings is 2. The van der Waals surface area contributed by atoms with Crippen molar-refractivity contribution in [2.24, 2.45) is 0 Å². The fourth-order valence-electron chi connectivity index (χ4n) is 1.63. The van der Waals surface area contributed by atoms with Crippen LogP contribution >= 0.6 is 27.5 Å². The van der Waals surface area contributed by atoms with Gasteiger partial charge in [0.2, 0.25) is 0 Å². The topological polar surface area (TPSA) is 9.23 Å². The largest absolute Gasteiger partial charge is 0.457 e. The molecule has 0 saturated heterocycles. The molecule has 0 heterocycles. The maximum atomic E-state index is 6.13. The Morgan fingerprint density at radius 1 is 1.06 bits per heavy atom. The molecule has 2 aromatic rings. The highest BCUT2D eigenvalue weighted by molar-refractivity contribution is 9.08. The Bertz CT molecular complexity index is 523. The summed E-state index contributed by atoms with van der Waals surface area (Å²) in [6.45, 7) is 2.13. The van der Waals surface area contributed by atoms with E-state index in [1.165, 1.54) is 5.56 Å². The second-order valence-electron chi connectivity index (χ2n) is 3.99. The lowest BCUT2D eigenvalue weighted by molar-refractivity contribution is 0.482. The second kappa shape index (κ2) is 6.26. The molecule has 0 aromatic heterocycles. The molecular weight excluding hydrogens is 312 g/mol. The standard InChI is InChI=1S/C15H14BrClO/c1-2-11-3-6-13(7-4-11)18-14-8-5-12(10-16)15(17)9-14/h3-9H,2,10H2,1H3. The number of hydrogen-bond donors (Lipinski definition) is 0. The third-order valence-corrected chi connectivity index (χ3v) is 3.69. The molecule has 0 N–H and O–H groups in total. The van der Waals surface area contributed by atoms with Gasteiger partial charge in [-0.25, -0.2) is 0 Å². The molecule has 2 aromatic carbocycles. The smallest absolute Gasteiger partial charge is 0.128 e. The number of rotatable bonds is 4. The lowest BCUT2D eigenvalue weighted by Gasteiger charge is -2.08. The molecule has 1 nitrogen and oxygen atoms in total. The van der Waals surface area contributed by atoms with Crippen LogP contribution in [0.5, 0.6) is 11.5 Å². The van der Waals surface area contributed by atoms with Crippen molar-refractivity contribution < 1.29 is 4.74 Å². The monoisotopic (exact) mass is 324 g/mol. The van der Waals surface area contributed by atoms with Crippen molar-refractivity contribution in [3.63, 3.8) is 0 Å². The van der Waals surface area contributed by atoms with E-state index < -0.39 is 0 Å². The number of ether oxygens (including phenoxy) is 1. The Kier molecular flexibility index (Phi) is 4.67. The Labute approximate surface area is 121 Å². The Hall–Kier alpha value is -0.990. The molecule has 0 fully saturated rings. The molecule has 94 valence electrons. The zero-order valence-corrected chi connectivity index (χ0v) is 12.5.